The van der Waals surface area contributed by atoms with Crippen molar-refractivity contribution < 1.29 is 5.11 Å². The summed E-state index contributed by atoms with van der Waals surface area (Å²) in [5, 5.41) is 8.96. The monoisotopic (exact) mass is 178 g/mol. The van der Waals surface area contributed by atoms with Gasteiger partial charge in [0.25, 0.3) is 0 Å². The van der Waals surface area contributed by atoms with Crippen LogP contribution in [0.4, 0.5) is 0 Å². The molecule has 1 nitrogen and oxygen atoms in total. The summed E-state index contributed by atoms with van der Waals surface area (Å²) in [6.07, 6.45) is 0.976. The molecule has 0 bridgehead atoms. The summed E-state index contributed by atoms with van der Waals surface area (Å²) in [6.45, 7) is 6.57. The number of hydrogen-bond acceptors (Lipinski definition) is 1. The lowest BCUT2D eigenvalue weighted by atomic mass is 9.96. The number of benzene rings is 1. The fourth-order valence-electron chi connectivity index (χ4n) is 1.46. The second-order valence-corrected chi connectivity index (χ2v) is 3.92. The van der Waals surface area contributed by atoms with Crippen LogP contribution in [0, 0.1) is 19.8 Å². The first kappa shape index (κ1) is 10.3. The maximum absolute atomic E-state index is 8.96. The first-order valence-corrected chi connectivity index (χ1v) is 4.80. The van der Waals surface area contributed by atoms with Gasteiger partial charge in [-0.15, -0.1) is 0 Å². The molecule has 0 unspecified atom stereocenters. The third-order valence-electron chi connectivity index (χ3n) is 2.38. The van der Waals surface area contributed by atoms with Crippen LogP contribution in [0.25, 0.3) is 0 Å². The van der Waals surface area contributed by atoms with Crippen molar-refractivity contribution in [1.82, 2.24) is 0 Å². The highest BCUT2D eigenvalue weighted by atomic mass is 16.3. The third kappa shape index (κ3) is 2.85. The molecule has 0 radical (unpaired) electrons. The average Bonchev–Trinajstić information content (AvgIpc) is 2.11. The van der Waals surface area contributed by atoms with E-state index in [9.17, 15) is 0 Å². The van der Waals surface area contributed by atoms with Gasteiger partial charge in [-0.2, -0.15) is 0 Å². The van der Waals surface area contributed by atoms with Gasteiger partial charge in [-0.05, 0) is 37.3 Å². The zero-order valence-corrected chi connectivity index (χ0v) is 8.67. The molecule has 13 heavy (non-hydrogen) atoms. The first-order valence-electron chi connectivity index (χ1n) is 4.80. The Kier molecular flexibility index (Phi) is 3.49. The Balaban J connectivity index is 2.81. The Morgan fingerprint density at radius 1 is 1.31 bits per heavy atom. The average molecular weight is 178 g/mol. The van der Waals surface area contributed by atoms with Gasteiger partial charge >= 0.3 is 0 Å². The zero-order valence-electron chi connectivity index (χ0n) is 8.67. The Morgan fingerprint density at radius 3 is 2.62 bits per heavy atom. The number of aliphatic hydroxyl groups is 1. The molecule has 0 saturated carbocycles. The van der Waals surface area contributed by atoms with E-state index < -0.39 is 0 Å². The number of hydrogen-bond donors (Lipinski definition) is 1. The van der Waals surface area contributed by atoms with Gasteiger partial charge in [0, 0.05) is 6.61 Å². The first-order chi connectivity index (χ1) is 6.13. The SMILES string of the molecule is Cc1ccc(C)c(C[C@H](C)CO)c1. The van der Waals surface area contributed by atoms with E-state index >= 15 is 0 Å². The van der Waals surface area contributed by atoms with Gasteiger partial charge in [0.15, 0.2) is 0 Å². The summed E-state index contributed by atoms with van der Waals surface area (Å²) in [4.78, 5) is 0. The molecule has 0 saturated heterocycles. The van der Waals surface area contributed by atoms with E-state index in [1.807, 2.05) is 0 Å². The number of aryl methyl sites for hydroxylation is 2. The van der Waals surface area contributed by atoms with E-state index in [2.05, 4.69) is 39.0 Å². The summed E-state index contributed by atoms with van der Waals surface area (Å²) in [7, 11) is 0. The highest BCUT2D eigenvalue weighted by molar-refractivity contribution is 5.30. The second-order valence-electron chi connectivity index (χ2n) is 3.92. The molecule has 1 atom stereocenters. The van der Waals surface area contributed by atoms with Crippen LogP contribution in [0.15, 0.2) is 18.2 Å². The predicted molar refractivity (Wildman–Crippen MR) is 55.9 cm³/mol. The highest BCUT2D eigenvalue weighted by Gasteiger charge is 2.04. The summed E-state index contributed by atoms with van der Waals surface area (Å²) >= 11 is 0. The molecule has 0 amide bonds. The lowest BCUT2D eigenvalue weighted by Crippen LogP contribution is -2.05. The topological polar surface area (TPSA) is 20.2 Å². The largest absolute Gasteiger partial charge is 0.396 e. The Morgan fingerprint density at radius 2 is 2.00 bits per heavy atom. The lowest BCUT2D eigenvalue weighted by molar-refractivity contribution is 0.237. The van der Waals surface area contributed by atoms with Crippen LogP contribution < -0.4 is 0 Å². The molecule has 0 aliphatic heterocycles. The molecular formula is C12H18O. The summed E-state index contributed by atoms with van der Waals surface area (Å²) in [5.74, 6) is 0.362. The van der Waals surface area contributed by atoms with Crippen LogP contribution in [-0.4, -0.2) is 11.7 Å². The minimum atomic E-state index is 0.271. The molecule has 0 spiro atoms. The maximum atomic E-state index is 8.96. The highest BCUT2D eigenvalue weighted by Crippen LogP contribution is 2.14. The molecule has 1 heteroatoms. The normalized spacial score (nSPS) is 12.9. The van der Waals surface area contributed by atoms with E-state index in [4.69, 9.17) is 5.11 Å². The van der Waals surface area contributed by atoms with Crippen LogP contribution in [0.5, 0.6) is 0 Å². The molecule has 0 heterocycles. The molecular weight excluding hydrogens is 160 g/mol. The molecule has 1 aromatic rings. The predicted octanol–water partition coefficient (Wildman–Crippen LogP) is 2.47. The van der Waals surface area contributed by atoms with Crippen molar-refractivity contribution in [3.8, 4) is 0 Å². The lowest BCUT2D eigenvalue weighted by Gasteiger charge is -2.11. The third-order valence-corrected chi connectivity index (χ3v) is 2.38. The molecule has 0 fully saturated rings. The van der Waals surface area contributed by atoms with Crippen molar-refractivity contribution in [3.63, 3.8) is 0 Å². The van der Waals surface area contributed by atoms with Gasteiger partial charge < -0.3 is 5.11 Å². The minimum Gasteiger partial charge on any atom is -0.396 e. The quantitative estimate of drug-likeness (QED) is 0.754. The van der Waals surface area contributed by atoms with E-state index in [0.717, 1.165) is 6.42 Å². The van der Waals surface area contributed by atoms with Crippen molar-refractivity contribution in [2.24, 2.45) is 5.92 Å². The van der Waals surface area contributed by atoms with Crippen molar-refractivity contribution in [2.45, 2.75) is 27.2 Å². The molecule has 0 aliphatic carbocycles. The Hall–Kier alpha value is -0.820. The van der Waals surface area contributed by atoms with E-state index in [1.54, 1.807) is 0 Å². The van der Waals surface area contributed by atoms with E-state index in [1.165, 1.54) is 16.7 Å². The van der Waals surface area contributed by atoms with Crippen LogP contribution in [0.2, 0.25) is 0 Å². The van der Waals surface area contributed by atoms with Gasteiger partial charge in [0.1, 0.15) is 0 Å². The van der Waals surface area contributed by atoms with Crippen LogP contribution in [0.3, 0.4) is 0 Å². The van der Waals surface area contributed by atoms with Crippen molar-refractivity contribution in [2.75, 3.05) is 6.61 Å². The minimum absolute atomic E-state index is 0.271. The van der Waals surface area contributed by atoms with Gasteiger partial charge in [0.2, 0.25) is 0 Å². The molecule has 1 aromatic carbocycles. The molecule has 0 aliphatic rings. The molecule has 1 rings (SSSR count). The van der Waals surface area contributed by atoms with Gasteiger partial charge in [0.05, 0.1) is 0 Å². The summed E-state index contributed by atoms with van der Waals surface area (Å²) < 4.78 is 0. The van der Waals surface area contributed by atoms with Crippen LogP contribution >= 0.6 is 0 Å². The zero-order chi connectivity index (χ0) is 9.84. The van der Waals surface area contributed by atoms with Gasteiger partial charge in [-0.25, -0.2) is 0 Å². The van der Waals surface area contributed by atoms with Gasteiger partial charge in [-0.3, -0.25) is 0 Å². The summed E-state index contributed by atoms with van der Waals surface area (Å²) in [5.41, 5.74) is 3.98. The fourth-order valence-corrected chi connectivity index (χ4v) is 1.46. The van der Waals surface area contributed by atoms with Crippen molar-refractivity contribution in [1.29, 1.82) is 0 Å². The standard InChI is InChI=1S/C12H18O/c1-9-4-5-11(3)12(6-9)7-10(2)8-13/h4-6,10,13H,7-8H2,1-3H3/t10-/m0/s1. The number of aliphatic hydroxyl groups excluding tert-OH is 1. The van der Waals surface area contributed by atoms with E-state index in [-0.39, 0.29) is 6.61 Å². The smallest absolute Gasteiger partial charge is 0.0459 e. The molecule has 1 N–H and O–H groups in total. The fraction of sp³-hybridized carbons (Fsp3) is 0.500. The van der Waals surface area contributed by atoms with Gasteiger partial charge in [-0.1, -0.05) is 30.7 Å². The number of rotatable bonds is 3. The second kappa shape index (κ2) is 4.43. The van der Waals surface area contributed by atoms with Crippen LogP contribution in [0.1, 0.15) is 23.6 Å². The van der Waals surface area contributed by atoms with Crippen molar-refractivity contribution in [3.05, 3.63) is 34.9 Å². The van der Waals surface area contributed by atoms with Crippen molar-refractivity contribution >= 4 is 0 Å². The summed E-state index contributed by atoms with van der Waals surface area (Å²) in [6, 6.07) is 6.48. The molecule has 72 valence electrons. The Bertz CT molecular complexity index is 278. The maximum Gasteiger partial charge on any atom is 0.0459 e. The molecule has 0 aromatic heterocycles. The van der Waals surface area contributed by atoms with E-state index in [0.29, 0.717) is 5.92 Å². The van der Waals surface area contributed by atoms with Crippen LogP contribution in [-0.2, 0) is 6.42 Å². The Labute approximate surface area is 80.4 Å².